The molecule has 0 aromatic rings. The number of rotatable bonds is 7. The molecule has 0 saturated carbocycles. The summed E-state index contributed by atoms with van der Waals surface area (Å²) in [7, 11) is 3.47. The first-order chi connectivity index (χ1) is 9.44. The fraction of sp³-hybridized carbons (Fsp3) is 0.636. The molecule has 0 aliphatic heterocycles. The number of amides is 1. The highest BCUT2D eigenvalue weighted by Gasteiger charge is 2.23. The normalized spacial score (nSPS) is 10.9. The van der Waals surface area contributed by atoms with Crippen LogP contribution in [0.25, 0.3) is 0 Å². The summed E-state index contributed by atoms with van der Waals surface area (Å²) < 4.78 is 17.7. The van der Waals surface area contributed by atoms with Gasteiger partial charge >= 0.3 is 24.0 Å². The maximum Gasteiger partial charge on any atom is 0.408 e. The van der Waals surface area contributed by atoms with Crippen molar-refractivity contribution >= 4 is 24.0 Å². The van der Waals surface area contributed by atoms with Crippen molar-refractivity contribution in [1.29, 1.82) is 0 Å². The SMILES string of the molecule is COC(=O)CCC(NC(=O)OCC(=O)OC)C(=O)OC. The molecule has 1 N–H and O–H groups in total. The third-order valence-corrected chi connectivity index (χ3v) is 2.19. The fourth-order valence-electron chi connectivity index (χ4n) is 1.12. The largest absolute Gasteiger partial charge is 0.469 e. The minimum absolute atomic E-state index is 0.0212. The number of carbonyl (C=O) groups is 4. The smallest absolute Gasteiger partial charge is 0.408 e. The van der Waals surface area contributed by atoms with Gasteiger partial charge in [0.15, 0.2) is 6.61 Å². The lowest BCUT2D eigenvalue weighted by molar-refractivity contribution is -0.144. The number of nitrogens with one attached hydrogen (secondary N) is 1. The van der Waals surface area contributed by atoms with Gasteiger partial charge in [0.25, 0.3) is 0 Å². The van der Waals surface area contributed by atoms with Crippen molar-refractivity contribution in [3.8, 4) is 0 Å². The zero-order valence-electron chi connectivity index (χ0n) is 11.5. The summed E-state index contributed by atoms with van der Waals surface area (Å²) in [6, 6.07) is -1.08. The first kappa shape index (κ1) is 17.7. The van der Waals surface area contributed by atoms with Crippen molar-refractivity contribution in [3.63, 3.8) is 0 Å². The summed E-state index contributed by atoms with van der Waals surface area (Å²) in [6.45, 7) is -0.590. The van der Waals surface area contributed by atoms with E-state index in [1.807, 2.05) is 0 Å². The molecular weight excluding hydrogens is 274 g/mol. The predicted octanol–water partition coefficient (Wildman–Crippen LogP) is -0.620. The summed E-state index contributed by atoms with van der Waals surface area (Å²) in [5.41, 5.74) is 0. The topological polar surface area (TPSA) is 117 Å². The van der Waals surface area contributed by atoms with E-state index < -0.39 is 36.6 Å². The minimum atomic E-state index is -1.08. The lowest BCUT2D eigenvalue weighted by atomic mass is 10.1. The monoisotopic (exact) mass is 291 g/mol. The van der Waals surface area contributed by atoms with Crippen molar-refractivity contribution < 1.29 is 38.1 Å². The molecule has 1 unspecified atom stereocenters. The van der Waals surface area contributed by atoms with Crippen LogP contribution in [-0.2, 0) is 33.3 Å². The first-order valence-electron chi connectivity index (χ1n) is 5.59. The van der Waals surface area contributed by atoms with Crippen molar-refractivity contribution in [2.45, 2.75) is 18.9 Å². The second kappa shape index (κ2) is 9.59. The summed E-state index contributed by atoms with van der Waals surface area (Å²) in [6.07, 6.45) is -1.11. The lowest BCUT2D eigenvalue weighted by Gasteiger charge is -2.15. The molecule has 114 valence electrons. The average molecular weight is 291 g/mol. The van der Waals surface area contributed by atoms with E-state index in [4.69, 9.17) is 0 Å². The van der Waals surface area contributed by atoms with Crippen molar-refractivity contribution in [2.24, 2.45) is 0 Å². The van der Waals surface area contributed by atoms with Gasteiger partial charge in [0.1, 0.15) is 6.04 Å². The summed E-state index contributed by atoms with van der Waals surface area (Å²) in [4.78, 5) is 44.5. The van der Waals surface area contributed by atoms with Crippen LogP contribution >= 0.6 is 0 Å². The van der Waals surface area contributed by atoms with E-state index in [0.717, 1.165) is 14.2 Å². The number of hydrogen-bond donors (Lipinski definition) is 1. The summed E-state index contributed by atoms with van der Waals surface area (Å²) >= 11 is 0. The van der Waals surface area contributed by atoms with E-state index in [1.54, 1.807) is 0 Å². The van der Waals surface area contributed by atoms with Crippen LogP contribution in [0.2, 0.25) is 0 Å². The Morgan fingerprint density at radius 1 is 0.950 bits per heavy atom. The van der Waals surface area contributed by atoms with Crippen LogP contribution in [-0.4, -0.2) is 58.0 Å². The Morgan fingerprint density at radius 3 is 2.05 bits per heavy atom. The van der Waals surface area contributed by atoms with Crippen molar-refractivity contribution in [1.82, 2.24) is 5.32 Å². The third-order valence-electron chi connectivity index (χ3n) is 2.19. The zero-order chi connectivity index (χ0) is 15.5. The number of methoxy groups -OCH3 is 3. The number of hydrogen-bond acceptors (Lipinski definition) is 8. The molecule has 9 nitrogen and oxygen atoms in total. The van der Waals surface area contributed by atoms with Gasteiger partial charge in [-0.25, -0.2) is 14.4 Å². The van der Waals surface area contributed by atoms with Crippen molar-refractivity contribution in [3.05, 3.63) is 0 Å². The quantitative estimate of drug-likeness (QED) is 0.487. The Bertz CT molecular complexity index is 367. The van der Waals surface area contributed by atoms with E-state index in [2.05, 4.69) is 24.3 Å². The van der Waals surface area contributed by atoms with E-state index in [1.165, 1.54) is 7.11 Å². The second-order valence-electron chi connectivity index (χ2n) is 3.49. The summed E-state index contributed by atoms with van der Waals surface area (Å²) in [5, 5.41) is 2.18. The van der Waals surface area contributed by atoms with Gasteiger partial charge in [0, 0.05) is 6.42 Å². The molecule has 0 spiro atoms. The average Bonchev–Trinajstić information content (AvgIpc) is 2.47. The summed E-state index contributed by atoms with van der Waals surface area (Å²) in [5.74, 6) is -2.03. The van der Waals surface area contributed by atoms with Gasteiger partial charge in [-0.2, -0.15) is 0 Å². The van der Waals surface area contributed by atoms with E-state index in [0.29, 0.717) is 0 Å². The molecule has 0 aromatic carbocycles. The van der Waals surface area contributed by atoms with Crippen LogP contribution in [0, 0.1) is 0 Å². The van der Waals surface area contributed by atoms with Gasteiger partial charge in [-0.3, -0.25) is 4.79 Å². The molecule has 1 amide bonds. The number of carbonyl (C=O) groups excluding carboxylic acids is 4. The van der Waals surface area contributed by atoms with Crippen LogP contribution in [0.4, 0.5) is 4.79 Å². The highest BCUT2D eigenvalue weighted by atomic mass is 16.6. The number of ether oxygens (including phenoxy) is 4. The molecule has 0 radical (unpaired) electrons. The van der Waals surface area contributed by atoms with Gasteiger partial charge in [-0.1, -0.05) is 0 Å². The van der Waals surface area contributed by atoms with Crippen molar-refractivity contribution in [2.75, 3.05) is 27.9 Å². The van der Waals surface area contributed by atoms with Gasteiger partial charge < -0.3 is 24.3 Å². The lowest BCUT2D eigenvalue weighted by Crippen LogP contribution is -2.42. The Balaban J connectivity index is 4.34. The standard InChI is InChI=1S/C11H17NO8/c1-17-8(13)5-4-7(10(15)19-3)12-11(16)20-6-9(14)18-2/h7H,4-6H2,1-3H3,(H,12,16). The molecular formula is C11H17NO8. The fourth-order valence-corrected chi connectivity index (χ4v) is 1.12. The molecule has 0 fully saturated rings. The Labute approximate surface area is 115 Å². The molecule has 0 bridgehead atoms. The molecule has 9 heteroatoms. The molecule has 0 aliphatic carbocycles. The maximum absolute atomic E-state index is 11.4. The highest BCUT2D eigenvalue weighted by Crippen LogP contribution is 2.02. The van der Waals surface area contributed by atoms with Gasteiger partial charge in [-0.15, -0.1) is 0 Å². The van der Waals surface area contributed by atoms with Gasteiger partial charge in [0.05, 0.1) is 21.3 Å². The second-order valence-corrected chi connectivity index (χ2v) is 3.49. The van der Waals surface area contributed by atoms with E-state index in [-0.39, 0.29) is 12.8 Å². The van der Waals surface area contributed by atoms with Crippen LogP contribution in [0.3, 0.4) is 0 Å². The molecule has 0 aromatic heterocycles. The van der Waals surface area contributed by atoms with Gasteiger partial charge in [-0.05, 0) is 6.42 Å². The molecule has 0 aliphatic rings. The highest BCUT2D eigenvalue weighted by molar-refractivity contribution is 5.83. The number of esters is 3. The van der Waals surface area contributed by atoms with E-state index >= 15 is 0 Å². The molecule has 0 rings (SSSR count). The molecule has 20 heavy (non-hydrogen) atoms. The predicted molar refractivity (Wildman–Crippen MR) is 63.6 cm³/mol. The zero-order valence-corrected chi connectivity index (χ0v) is 11.5. The van der Waals surface area contributed by atoms with Crippen LogP contribution in [0.5, 0.6) is 0 Å². The van der Waals surface area contributed by atoms with E-state index in [9.17, 15) is 19.2 Å². The van der Waals surface area contributed by atoms with Crippen LogP contribution < -0.4 is 5.32 Å². The molecule has 1 atom stereocenters. The minimum Gasteiger partial charge on any atom is -0.469 e. The number of alkyl carbamates (subject to hydrolysis) is 1. The van der Waals surface area contributed by atoms with Crippen LogP contribution in [0.1, 0.15) is 12.8 Å². The van der Waals surface area contributed by atoms with Gasteiger partial charge in [0.2, 0.25) is 0 Å². The Morgan fingerprint density at radius 2 is 1.55 bits per heavy atom. The third kappa shape index (κ3) is 7.19. The Hall–Kier alpha value is -2.32. The maximum atomic E-state index is 11.4. The molecule has 0 heterocycles. The first-order valence-corrected chi connectivity index (χ1v) is 5.59. The van der Waals surface area contributed by atoms with Crippen LogP contribution in [0.15, 0.2) is 0 Å². The molecule has 0 saturated heterocycles. The Kier molecular flexibility index (Phi) is 8.48.